The van der Waals surface area contributed by atoms with Gasteiger partial charge in [0.25, 0.3) is 0 Å². The van der Waals surface area contributed by atoms with E-state index in [0.717, 1.165) is 6.20 Å². The summed E-state index contributed by atoms with van der Waals surface area (Å²) in [6.45, 7) is 6.40. The van der Waals surface area contributed by atoms with Crippen LogP contribution in [0.3, 0.4) is 0 Å². The van der Waals surface area contributed by atoms with Gasteiger partial charge >= 0.3 is 0 Å². The molecule has 0 aliphatic carbocycles. The topological polar surface area (TPSA) is 71.8 Å². The first kappa shape index (κ1) is 19.3. The molecular formula is C19H19F2N3OSi. The first-order chi connectivity index (χ1) is 12.2. The molecule has 0 amide bonds. The van der Waals surface area contributed by atoms with Crippen molar-refractivity contribution in [3.8, 4) is 11.5 Å². The fraction of sp³-hybridized carbons (Fsp3) is 0.158. The van der Waals surface area contributed by atoms with Gasteiger partial charge in [-0.05, 0) is 36.4 Å². The second-order valence-electron chi connectivity index (χ2n) is 6.66. The third-order valence-corrected chi connectivity index (χ3v) is 4.08. The van der Waals surface area contributed by atoms with Gasteiger partial charge in [-0.3, -0.25) is 9.89 Å². The number of nitrogens with one attached hydrogen (secondary N) is 1. The van der Waals surface area contributed by atoms with Gasteiger partial charge in [-0.15, -0.1) is 5.54 Å². The van der Waals surface area contributed by atoms with Crippen LogP contribution in [0.25, 0.3) is 10.9 Å². The lowest BCUT2D eigenvalue weighted by molar-refractivity contribution is 0.627. The Labute approximate surface area is 151 Å². The van der Waals surface area contributed by atoms with E-state index < -0.39 is 13.9 Å². The maximum Gasteiger partial charge on any atom is 0.208 e. The van der Waals surface area contributed by atoms with Crippen molar-refractivity contribution in [3.63, 3.8) is 0 Å². The minimum absolute atomic E-state index is 0.275. The van der Waals surface area contributed by atoms with E-state index in [0.29, 0.717) is 22.2 Å². The van der Waals surface area contributed by atoms with Crippen molar-refractivity contribution in [3.05, 3.63) is 70.0 Å². The minimum Gasteiger partial charge on any atom is -0.398 e. The van der Waals surface area contributed by atoms with Crippen molar-refractivity contribution in [1.82, 2.24) is 10.2 Å². The van der Waals surface area contributed by atoms with Crippen LogP contribution in [-0.2, 0) is 0 Å². The molecule has 0 saturated carbocycles. The monoisotopic (exact) mass is 371 g/mol. The molecule has 0 aliphatic rings. The molecule has 3 N–H and O–H groups in total. The van der Waals surface area contributed by atoms with Crippen LogP contribution in [0.4, 0.5) is 14.5 Å². The van der Waals surface area contributed by atoms with Crippen LogP contribution in [-0.4, -0.2) is 18.3 Å². The highest BCUT2D eigenvalue weighted by atomic mass is 28.3. The van der Waals surface area contributed by atoms with Crippen molar-refractivity contribution in [2.45, 2.75) is 19.6 Å². The van der Waals surface area contributed by atoms with Gasteiger partial charge in [-0.1, -0.05) is 25.6 Å². The molecule has 0 spiro atoms. The van der Waals surface area contributed by atoms with Crippen molar-refractivity contribution in [2.24, 2.45) is 0 Å². The number of H-pyrrole nitrogens is 1. The Hall–Kier alpha value is -2.98. The highest BCUT2D eigenvalue weighted by Gasteiger charge is 2.08. The molecule has 0 unspecified atom stereocenters. The van der Waals surface area contributed by atoms with Crippen molar-refractivity contribution in [2.75, 3.05) is 5.73 Å². The van der Waals surface area contributed by atoms with Gasteiger partial charge in [0.1, 0.15) is 19.7 Å². The second kappa shape index (κ2) is 7.93. The van der Waals surface area contributed by atoms with E-state index in [-0.39, 0.29) is 11.2 Å². The van der Waals surface area contributed by atoms with Crippen LogP contribution in [0.2, 0.25) is 19.6 Å². The lowest BCUT2D eigenvalue weighted by atomic mass is 10.2. The average molecular weight is 371 g/mol. The number of aromatic nitrogens is 2. The maximum absolute atomic E-state index is 12.9. The van der Waals surface area contributed by atoms with E-state index in [2.05, 4.69) is 41.3 Å². The SMILES string of the molecule is C[Si](C)(C)C#Cc1cc(F)ccc1N.O=c1cn[nH]c2ccc(F)cc12. The molecule has 0 aliphatic heterocycles. The number of nitrogens with zero attached hydrogens (tertiary/aromatic N) is 1. The number of fused-ring (bicyclic) bond motifs is 1. The molecule has 0 atom stereocenters. The number of halogens is 2. The number of anilines is 1. The zero-order valence-electron chi connectivity index (χ0n) is 14.7. The minimum atomic E-state index is -1.42. The molecule has 26 heavy (non-hydrogen) atoms. The van der Waals surface area contributed by atoms with Crippen LogP contribution in [0.1, 0.15) is 5.56 Å². The van der Waals surface area contributed by atoms with E-state index in [1.165, 1.54) is 30.3 Å². The maximum atomic E-state index is 12.9. The zero-order valence-corrected chi connectivity index (χ0v) is 15.7. The number of hydrogen-bond acceptors (Lipinski definition) is 3. The van der Waals surface area contributed by atoms with Crippen LogP contribution in [0.5, 0.6) is 0 Å². The van der Waals surface area contributed by atoms with Crippen LogP contribution < -0.4 is 11.2 Å². The molecule has 1 heterocycles. The van der Waals surface area contributed by atoms with Gasteiger partial charge in [0.15, 0.2) is 0 Å². The Morgan fingerprint density at radius 3 is 2.42 bits per heavy atom. The highest BCUT2D eigenvalue weighted by Crippen LogP contribution is 2.12. The summed E-state index contributed by atoms with van der Waals surface area (Å²) in [7, 11) is -1.42. The fourth-order valence-corrected chi connectivity index (χ4v) is 2.45. The largest absolute Gasteiger partial charge is 0.398 e. The van der Waals surface area contributed by atoms with E-state index in [1.807, 2.05) is 0 Å². The first-order valence-corrected chi connectivity index (χ1v) is 11.4. The van der Waals surface area contributed by atoms with Crippen molar-refractivity contribution >= 4 is 24.7 Å². The van der Waals surface area contributed by atoms with Crippen LogP contribution in [0, 0.1) is 23.1 Å². The summed E-state index contributed by atoms with van der Waals surface area (Å²) in [6, 6.07) is 8.22. The molecule has 0 radical (unpaired) electrons. The molecule has 2 aromatic carbocycles. The van der Waals surface area contributed by atoms with E-state index in [1.54, 1.807) is 6.07 Å². The smallest absolute Gasteiger partial charge is 0.208 e. The first-order valence-electron chi connectivity index (χ1n) is 7.87. The molecule has 1 aromatic heterocycles. The molecular weight excluding hydrogens is 352 g/mol. The fourth-order valence-electron chi connectivity index (χ4n) is 1.94. The lowest BCUT2D eigenvalue weighted by Gasteiger charge is -2.04. The van der Waals surface area contributed by atoms with E-state index in [4.69, 9.17) is 5.73 Å². The summed E-state index contributed by atoms with van der Waals surface area (Å²) >= 11 is 0. The van der Waals surface area contributed by atoms with Gasteiger partial charge < -0.3 is 5.73 Å². The van der Waals surface area contributed by atoms with Crippen LogP contribution in [0.15, 0.2) is 47.4 Å². The number of rotatable bonds is 0. The quantitative estimate of drug-likeness (QED) is 0.360. The lowest BCUT2D eigenvalue weighted by Crippen LogP contribution is -2.16. The third-order valence-electron chi connectivity index (χ3n) is 3.20. The van der Waals surface area contributed by atoms with Gasteiger partial charge in [0.2, 0.25) is 5.43 Å². The number of nitrogen functional groups attached to an aromatic ring is 1. The Morgan fingerprint density at radius 2 is 1.73 bits per heavy atom. The summed E-state index contributed by atoms with van der Waals surface area (Å²) in [5.74, 6) is 2.23. The summed E-state index contributed by atoms with van der Waals surface area (Å²) in [6.07, 6.45) is 1.13. The zero-order chi connectivity index (χ0) is 19.3. The Morgan fingerprint density at radius 1 is 1.08 bits per heavy atom. The molecule has 134 valence electrons. The van der Waals surface area contributed by atoms with Crippen molar-refractivity contribution < 1.29 is 8.78 Å². The molecule has 0 bridgehead atoms. The molecule has 0 saturated heterocycles. The Bertz CT molecular complexity index is 1050. The molecule has 0 fully saturated rings. The van der Waals surface area contributed by atoms with Gasteiger partial charge in [0.05, 0.1) is 17.1 Å². The number of hydrogen-bond donors (Lipinski definition) is 2. The van der Waals surface area contributed by atoms with Gasteiger partial charge in [-0.2, -0.15) is 5.10 Å². The molecule has 3 aromatic rings. The number of benzene rings is 2. The number of nitrogens with two attached hydrogens (primary N) is 1. The highest BCUT2D eigenvalue weighted by molar-refractivity contribution is 6.83. The normalized spacial score (nSPS) is 10.5. The summed E-state index contributed by atoms with van der Waals surface area (Å²) in [5, 5.41) is 6.51. The summed E-state index contributed by atoms with van der Waals surface area (Å²) in [4.78, 5) is 11.1. The van der Waals surface area contributed by atoms with E-state index in [9.17, 15) is 13.6 Å². The summed E-state index contributed by atoms with van der Waals surface area (Å²) in [5.41, 5.74) is 10.2. The Balaban J connectivity index is 0.000000189. The van der Waals surface area contributed by atoms with Crippen molar-refractivity contribution in [1.29, 1.82) is 0 Å². The van der Waals surface area contributed by atoms with Gasteiger partial charge in [-0.25, -0.2) is 8.78 Å². The third kappa shape index (κ3) is 5.53. The average Bonchev–Trinajstić information content (AvgIpc) is 2.56. The van der Waals surface area contributed by atoms with Gasteiger partial charge in [0, 0.05) is 11.3 Å². The standard InChI is InChI=1S/C11H14FNSi.C8H5FN2O/c1-14(2,3)7-6-9-8-10(12)4-5-11(9)13;9-5-1-2-7-6(3-5)8(12)4-10-11-7/h4-5,8H,13H2,1-3H3;1-4H,(H,11,12). The predicted octanol–water partition coefficient (Wildman–Crippen LogP) is 3.70. The Kier molecular flexibility index (Phi) is 5.90. The molecule has 7 heteroatoms. The van der Waals surface area contributed by atoms with E-state index >= 15 is 0 Å². The van der Waals surface area contributed by atoms with Crippen LogP contribution >= 0.6 is 0 Å². The predicted molar refractivity (Wildman–Crippen MR) is 103 cm³/mol. The summed E-state index contributed by atoms with van der Waals surface area (Å²) < 4.78 is 25.5. The molecule has 4 nitrogen and oxygen atoms in total. The second-order valence-corrected chi connectivity index (χ2v) is 11.4. The number of aromatic amines is 1. The molecule has 3 rings (SSSR count).